The third-order valence-electron chi connectivity index (χ3n) is 2.02. The summed E-state index contributed by atoms with van der Waals surface area (Å²) in [6.07, 6.45) is 0. The van der Waals surface area contributed by atoms with Crippen molar-refractivity contribution in [2.45, 2.75) is 0 Å². The van der Waals surface area contributed by atoms with Crippen molar-refractivity contribution >= 4 is 23.5 Å². The topological polar surface area (TPSA) is 147 Å². The lowest BCUT2D eigenvalue weighted by Crippen LogP contribution is -2.24. The average Bonchev–Trinajstić information content (AvgIpc) is 2.35. The first-order chi connectivity index (χ1) is 8.43. The first-order valence-electron chi connectivity index (χ1n) is 4.56. The Morgan fingerprint density at radius 1 is 1.00 bits per heavy atom. The van der Waals surface area contributed by atoms with E-state index in [1.54, 1.807) is 0 Å². The van der Waals surface area contributed by atoms with Crippen molar-refractivity contribution in [3.05, 3.63) is 17.0 Å². The summed E-state index contributed by atoms with van der Waals surface area (Å²) < 4.78 is 8.78. The second kappa shape index (κ2) is 5.08. The Morgan fingerprint density at radius 2 is 1.44 bits per heavy atom. The minimum Gasteiger partial charge on any atom is -0.464 e. The van der Waals surface area contributed by atoms with Crippen LogP contribution in [0.3, 0.4) is 0 Å². The van der Waals surface area contributed by atoms with E-state index in [0.717, 1.165) is 14.2 Å². The zero-order valence-corrected chi connectivity index (χ0v) is 9.59. The summed E-state index contributed by atoms with van der Waals surface area (Å²) in [5.41, 5.74) is 8.93. The molecule has 1 amide bonds. The number of esters is 2. The van der Waals surface area contributed by atoms with E-state index in [0.29, 0.717) is 0 Å². The molecule has 9 nitrogen and oxygen atoms in total. The van der Waals surface area contributed by atoms with E-state index in [4.69, 9.17) is 11.5 Å². The van der Waals surface area contributed by atoms with Crippen LogP contribution >= 0.6 is 0 Å². The fourth-order valence-corrected chi connectivity index (χ4v) is 1.19. The highest BCUT2D eigenvalue weighted by molar-refractivity contribution is 6.10. The third kappa shape index (κ3) is 2.19. The van der Waals surface area contributed by atoms with Gasteiger partial charge in [-0.05, 0) is 0 Å². The van der Waals surface area contributed by atoms with E-state index >= 15 is 0 Å². The lowest BCUT2D eigenvalue weighted by Gasteiger charge is -2.08. The highest BCUT2D eigenvalue weighted by Crippen LogP contribution is 2.18. The number of nitrogens with two attached hydrogens (primary N) is 2. The summed E-state index contributed by atoms with van der Waals surface area (Å²) in [4.78, 5) is 33.9. The summed E-state index contributed by atoms with van der Waals surface area (Å²) in [6, 6.07) is 0. The Kier molecular flexibility index (Phi) is 3.77. The van der Waals surface area contributed by atoms with Gasteiger partial charge in [-0.15, -0.1) is 10.2 Å². The van der Waals surface area contributed by atoms with Gasteiger partial charge in [0.2, 0.25) is 0 Å². The van der Waals surface area contributed by atoms with Crippen molar-refractivity contribution in [1.29, 1.82) is 0 Å². The van der Waals surface area contributed by atoms with Gasteiger partial charge < -0.3 is 20.9 Å². The van der Waals surface area contributed by atoms with Crippen LogP contribution in [0.5, 0.6) is 0 Å². The molecule has 0 unspecified atom stereocenters. The van der Waals surface area contributed by atoms with Gasteiger partial charge in [0.15, 0.2) is 11.4 Å². The maximum absolute atomic E-state index is 11.3. The maximum Gasteiger partial charge on any atom is 0.360 e. The van der Waals surface area contributed by atoms with Gasteiger partial charge >= 0.3 is 11.9 Å². The molecule has 0 atom stereocenters. The number of ether oxygens (including phenoxy) is 2. The van der Waals surface area contributed by atoms with Crippen LogP contribution in [0.15, 0.2) is 0 Å². The molecule has 0 bridgehead atoms. The molecule has 0 spiro atoms. The fourth-order valence-electron chi connectivity index (χ4n) is 1.19. The van der Waals surface area contributed by atoms with E-state index < -0.39 is 34.8 Å². The molecule has 0 aromatic carbocycles. The molecule has 0 fully saturated rings. The monoisotopic (exact) mass is 254 g/mol. The summed E-state index contributed by atoms with van der Waals surface area (Å²) >= 11 is 0. The molecule has 0 radical (unpaired) electrons. The number of carbonyl (C=O) groups excluding carboxylic acids is 3. The highest BCUT2D eigenvalue weighted by Gasteiger charge is 2.26. The summed E-state index contributed by atoms with van der Waals surface area (Å²) in [7, 11) is 2.18. The molecule has 0 saturated heterocycles. The number of primary amides is 1. The van der Waals surface area contributed by atoms with Gasteiger partial charge in [-0.25, -0.2) is 9.59 Å². The van der Waals surface area contributed by atoms with Gasteiger partial charge in [0.25, 0.3) is 5.91 Å². The van der Waals surface area contributed by atoms with Crippen molar-refractivity contribution in [2.24, 2.45) is 5.73 Å². The van der Waals surface area contributed by atoms with Gasteiger partial charge in [0.05, 0.1) is 25.5 Å². The van der Waals surface area contributed by atoms with Crippen molar-refractivity contribution in [3.63, 3.8) is 0 Å². The molecule has 18 heavy (non-hydrogen) atoms. The maximum atomic E-state index is 11.3. The van der Waals surface area contributed by atoms with Crippen molar-refractivity contribution in [3.8, 4) is 0 Å². The Balaban J connectivity index is 3.52. The SMILES string of the molecule is COC(=O)c1nnc(C(=O)OC)c(C(N)=O)c1N. The molecule has 9 heteroatoms. The molecule has 1 heterocycles. The van der Waals surface area contributed by atoms with Crippen LogP contribution < -0.4 is 11.5 Å². The first-order valence-corrected chi connectivity index (χ1v) is 4.56. The fraction of sp³-hybridized carbons (Fsp3) is 0.222. The van der Waals surface area contributed by atoms with Gasteiger partial charge in [0, 0.05) is 0 Å². The lowest BCUT2D eigenvalue weighted by molar-refractivity contribution is 0.0572. The second-order valence-corrected chi connectivity index (χ2v) is 3.03. The van der Waals surface area contributed by atoms with E-state index in [-0.39, 0.29) is 5.69 Å². The number of carbonyl (C=O) groups is 3. The standard InChI is InChI=1S/C9H10N4O5/c1-17-8(15)5-3(7(11)14)4(10)6(13-12-5)9(16)18-2/h1-2H3,(H2,10,12)(H2,11,14). The van der Waals surface area contributed by atoms with Crippen LogP contribution in [0.4, 0.5) is 5.69 Å². The third-order valence-corrected chi connectivity index (χ3v) is 2.02. The smallest absolute Gasteiger partial charge is 0.360 e. The molecule has 1 aromatic rings. The number of methoxy groups -OCH3 is 2. The Hall–Kier alpha value is -2.71. The van der Waals surface area contributed by atoms with Crippen molar-refractivity contribution < 1.29 is 23.9 Å². The molecule has 1 rings (SSSR count). The van der Waals surface area contributed by atoms with E-state index in [9.17, 15) is 14.4 Å². The zero-order valence-electron chi connectivity index (χ0n) is 9.59. The molecule has 1 aromatic heterocycles. The number of hydrogen-bond donors (Lipinski definition) is 2. The molecule has 0 saturated carbocycles. The van der Waals surface area contributed by atoms with Crippen molar-refractivity contribution in [1.82, 2.24) is 10.2 Å². The largest absolute Gasteiger partial charge is 0.464 e. The van der Waals surface area contributed by atoms with Crippen LogP contribution in [0, 0.1) is 0 Å². The average molecular weight is 254 g/mol. The van der Waals surface area contributed by atoms with Gasteiger partial charge in [-0.2, -0.15) is 0 Å². The number of rotatable bonds is 3. The number of anilines is 1. The highest BCUT2D eigenvalue weighted by atomic mass is 16.5. The Bertz CT molecular complexity index is 528. The predicted octanol–water partition coefficient (Wildman–Crippen LogP) is -1.27. The van der Waals surface area contributed by atoms with Gasteiger partial charge in [-0.3, -0.25) is 4.79 Å². The van der Waals surface area contributed by atoms with E-state index in [2.05, 4.69) is 19.7 Å². The van der Waals surface area contributed by atoms with Crippen LogP contribution in [-0.4, -0.2) is 42.3 Å². The lowest BCUT2D eigenvalue weighted by atomic mass is 10.1. The molecular weight excluding hydrogens is 244 g/mol. The Morgan fingerprint density at radius 3 is 1.89 bits per heavy atom. The number of hydrogen-bond acceptors (Lipinski definition) is 8. The molecular formula is C9H10N4O5. The molecule has 0 aliphatic heterocycles. The Labute approximate surface area is 101 Å². The number of nitrogen functional groups attached to an aromatic ring is 1. The summed E-state index contributed by atoms with van der Waals surface area (Å²) in [5.74, 6) is -2.88. The van der Waals surface area contributed by atoms with Crippen molar-refractivity contribution in [2.75, 3.05) is 20.0 Å². The number of aromatic nitrogens is 2. The minimum atomic E-state index is -1.03. The molecule has 0 aliphatic rings. The number of nitrogens with zero attached hydrogens (tertiary/aromatic N) is 2. The minimum absolute atomic E-state index is 0.384. The van der Waals surface area contributed by atoms with Crippen LogP contribution in [-0.2, 0) is 9.47 Å². The molecule has 4 N–H and O–H groups in total. The van der Waals surface area contributed by atoms with Crippen LogP contribution in [0.1, 0.15) is 31.3 Å². The summed E-state index contributed by atoms with van der Waals surface area (Å²) in [6.45, 7) is 0. The van der Waals surface area contributed by atoms with E-state index in [1.807, 2.05) is 0 Å². The van der Waals surface area contributed by atoms with Gasteiger partial charge in [-0.1, -0.05) is 0 Å². The predicted molar refractivity (Wildman–Crippen MR) is 57.6 cm³/mol. The molecule has 0 aliphatic carbocycles. The van der Waals surface area contributed by atoms with Gasteiger partial charge in [0.1, 0.15) is 0 Å². The number of amides is 1. The van der Waals surface area contributed by atoms with E-state index in [1.165, 1.54) is 0 Å². The zero-order chi connectivity index (χ0) is 13.9. The van der Waals surface area contributed by atoms with Crippen LogP contribution in [0.2, 0.25) is 0 Å². The second-order valence-electron chi connectivity index (χ2n) is 3.03. The molecule has 96 valence electrons. The first kappa shape index (κ1) is 13.4. The summed E-state index contributed by atoms with van der Waals surface area (Å²) in [5, 5.41) is 6.80. The van der Waals surface area contributed by atoms with Crippen LogP contribution in [0.25, 0.3) is 0 Å². The quantitative estimate of drug-likeness (QED) is 0.634. The normalized spacial score (nSPS) is 9.67.